The Morgan fingerprint density at radius 1 is 0.684 bits per heavy atom. The van der Waals surface area contributed by atoms with Crippen LogP contribution in [0.25, 0.3) is 0 Å². The van der Waals surface area contributed by atoms with Crippen molar-refractivity contribution in [3.05, 3.63) is 141 Å². The fourth-order valence-corrected chi connectivity index (χ4v) is 6.08. The van der Waals surface area contributed by atoms with Crippen molar-refractivity contribution in [2.45, 2.75) is 42.7 Å². The SMILES string of the molecule is O=c1ccn([C@@H]2S[C@H](COCc3ccccc3)[C@@H](OCc3ccccc3)[C@H]2OCc2ccccc2)c(=O)[nH]1. The minimum atomic E-state index is -0.476. The Balaban J connectivity index is 1.41. The summed E-state index contributed by atoms with van der Waals surface area (Å²) in [6.45, 7) is 1.66. The Morgan fingerprint density at radius 2 is 1.21 bits per heavy atom. The highest BCUT2D eigenvalue weighted by Crippen LogP contribution is 2.45. The fraction of sp³-hybridized carbons (Fsp3) is 0.267. The van der Waals surface area contributed by atoms with Crippen molar-refractivity contribution < 1.29 is 14.2 Å². The Hall–Kier alpha value is -3.43. The van der Waals surface area contributed by atoms with Gasteiger partial charge in [0.25, 0.3) is 5.56 Å². The maximum absolute atomic E-state index is 12.8. The van der Waals surface area contributed by atoms with Crippen molar-refractivity contribution in [3.63, 3.8) is 0 Å². The first kappa shape index (κ1) is 26.2. The molecule has 0 unspecified atom stereocenters. The van der Waals surface area contributed by atoms with Crippen LogP contribution in [0, 0.1) is 0 Å². The van der Waals surface area contributed by atoms with E-state index < -0.39 is 22.7 Å². The lowest BCUT2D eigenvalue weighted by Crippen LogP contribution is -2.40. The van der Waals surface area contributed by atoms with Gasteiger partial charge in [0.05, 0.1) is 31.7 Å². The van der Waals surface area contributed by atoms with Crippen molar-refractivity contribution in [1.82, 2.24) is 9.55 Å². The first-order valence-corrected chi connectivity index (χ1v) is 13.5. The highest BCUT2D eigenvalue weighted by Gasteiger charge is 2.47. The van der Waals surface area contributed by atoms with Crippen LogP contribution in [0.15, 0.2) is 113 Å². The molecule has 2 heterocycles. The maximum Gasteiger partial charge on any atom is 0.329 e. The predicted molar refractivity (Wildman–Crippen MR) is 148 cm³/mol. The Bertz CT molecular complexity index is 1390. The van der Waals surface area contributed by atoms with E-state index in [0.717, 1.165) is 16.7 Å². The smallest absolute Gasteiger partial charge is 0.329 e. The first-order valence-electron chi connectivity index (χ1n) is 12.6. The molecule has 3 aromatic carbocycles. The Kier molecular flexibility index (Phi) is 8.88. The van der Waals surface area contributed by atoms with Gasteiger partial charge in [-0.2, -0.15) is 0 Å². The van der Waals surface area contributed by atoms with Gasteiger partial charge in [-0.3, -0.25) is 14.3 Å². The van der Waals surface area contributed by atoms with Gasteiger partial charge >= 0.3 is 5.69 Å². The van der Waals surface area contributed by atoms with E-state index in [4.69, 9.17) is 14.2 Å². The third kappa shape index (κ3) is 6.71. The van der Waals surface area contributed by atoms with E-state index in [1.54, 1.807) is 11.8 Å². The number of H-pyrrole nitrogens is 1. The van der Waals surface area contributed by atoms with E-state index in [1.807, 2.05) is 91.0 Å². The third-order valence-corrected chi connectivity index (χ3v) is 7.90. The van der Waals surface area contributed by atoms with Crippen LogP contribution in [0.2, 0.25) is 0 Å². The van der Waals surface area contributed by atoms with E-state index in [-0.39, 0.29) is 11.4 Å². The van der Waals surface area contributed by atoms with Gasteiger partial charge in [0.2, 0.25) is 0 Å². The summed E-state index contributed by atoms with van der Waals surface area (Å²) in [4.78, 5) is 26.9. The lowest BCUT2D eigenvalue weighted by Gasteiger charge is -2.27. The topological polar surface area (TPSA) is 82.5 Å². The summed E-state index contributed by atoms with van der Waals surface area (Å²) in [5, 5.41) is -0.513. The van der Waals surface area contributed by atoms with Crippen molar-refractivity contribution in [2.75, 3.05) is 6.61 Å². The summed E-state index contributed by atoms with van der Waals surface area (Å²) in [6, 6.07) is 31.2. The summed E-state index contributed by atoms with van der Waals surface area (Å²) in [5.41, 5.74) is 2.25. The average molecular weight is 531 g/mol. The summed E-state index contributed by atoms with van der Waals surface area (Å²) < 4.78 is 20.6. The molecular weight excluding hydrogens is 500 g/mol. The molecule has 0 bridgehead atoms. The van der Waals surface area contributed by atoms with Crippen LogP contribution >= 0.6 is 11.8 Å². The van der Waals surface area contributed by atoms with Gasteiger partial charge in [-0.25, -0.2) is 4.79 Å². The van der Waals surface area contributed by atoms with Crippen LogP contribution in [0.5, 0.6) is 0 Å². The number of nitrogens with zero attached hydrogens (tertiary/aromatic N) is 1. The molecule has 1 N–H and O–H groups in total. The van der Waals surface area contributed by atoms with E-state index in [2.05, 4.69) is 4.98 Å². The number of rotatable bonds is 11. The van der Waals surface area contributed by atoms with E-state index in [1.165, 1.54) is 16.8 Å². The summed E-state index contributed by atoms with van der Waals surface area (Å²) in [5.74, 6) is 0. The molecule has 1 saturated heterocycles. The second-order valence-corrected chi connectivity index (χ2v) is 10.5. The van der Waals surface area contributed by atoms with Crippen molar-refractivity contribution in [2.24, 2.45) is 0 Å². The summed E-state index contributed by atoms with van der Waals surface area (Å²) >= 11 is 1.57. The van der Waals surface area contributed by atoms with Crippen LogP contribution in [0.4, 0.5) is 0 Å². The number of aromatic amines is 1. The number of thioether (sulfide) groups is 1. The van der Waals surface area contributed by atoms with Crippen molar-refractivity contribution in [3.8, 4) is 0 Å². The van der Waals surface area contributed by atoms with E-state index in [9.17, 15) is 9.59 Å². The van der Waals surface area contributed by atoms with Crippen molar-refractivity contribution in [1.29, 1.82) is 0 Å². The van der Waals surface area contributed by atoms with Crippen LogP contribution in [-0.4, -0.2) is 33.6 Å². The number of hydrogen-bond acceptors (Lipinski definition) is 6. The molecule has 0 aliphatic carbocycles. The molecule has 1 aliphatic heterocycles. The molecule has 38 heavy (non-hydrogen) atoms. The molecular formula is C30H30N2O5S. The number of nitrogens with one attached hydrogen (secondary N) is 1. The third-order valence-electron chi connectivity index (χ3n) is 6.38. The zero-order valence-electron chi connectivity index (χ0n) is 20.8. The highest BCUT2D eigenvalue weighted by molar-refractivity contribution is 8.00. The predicted octanol–water partition coefficient (Wildman–Crippen LogP) is 4.54. The van der Waals surface area contributed by atoms with Gasteiger partial charge in [-0.05, 0) is 16.7 Å². The maximum atomic E-state index is 12.8. The Labute approximate surface area is 225 Å². The number of ether oxygens (including phenoxy) is 3. The lowest BCUT2D eigenvalue weighted by atomic mass is 10.1. The molecule has 1 aromatic heterocycles. The van der Waals surface area contributed by atoms with E-state index >= 15 is 0 Å². The first-order chi connectivity index (χ1) is 18.7. The monoisotopic (exact) mass is 530 g/mol. The number of aromatic nitrogens is 2. The zero-order valence-corrected chi connectivity index (χ0v) is 21.7. The highest BCUT2D eigenvalue weighted by atomic mass is 32.2. The van der Waals surface area contributed by atoms with Crippen LogP contribution < -0.4 is 11.2 Å². The molecule has 1 aliphatic rings. The minimum absolute atomic E-state index is 0.105. The molecule has 0 radical (unpaired) electrons. The quantitative estimate of drug-likeness (QED) is 0.307. The fourth-order valence-electron chi connectivity index (χ4n) is 4.47. The zero-order chi connectivity index (χ0) is 26.2. The molecule has 4 atom stereocenters. The Morgan fingerprint density at radius 3 is 1.76 bits per heavy atom. The van der Waals surface area contributed by atoms with Crippen LogP contribution in [0.1, 0.15) is 22.1 Å². The molecule has 8 heteroatoms. The molecule has 1 fully saturated rings. The average Bonchev–Trinajstić information content (AvgIpc) is 3.29. The largest absolute Gasteiger partial charge is 0.376 e. The molecule has 0 amide bonds. The van der Waals surface area contributed by atoms with Crippen molar-refractivity contribution >= 4 is 11.8 Å². The molecule has 0 saturated carbocycles. The molecule has 4 aromatic rings. The van der Waals surface area contributed by atoms with Gasteiger partial charge in [0.15, 0.2) is 0 Å². The van der Waals surface area contributed by atoms with E-state index in [0.29, 0.717) is 26.4 Å². The molecule has 0 spiro atoms. The van der Waals surface area contributed by atoms with Gasteiger partial charge < -0.3 is 14.2 Å². The normalized spacial score (nSPS) is 20.9. The minimum Gasteiger partial charge on any atom is -0.376 e. The number of hydrogen-bond donors (Lipinski definition) is 1. The number of benzene rings is 3. The summed E-state index contributed by atoms with van der Waals surface area (Å²) in [6.07, 6.45) is 0.709. The summed E-state index contributed by atoms with van der Waals surface area (Å²) in [7, 11) is 0. The van der Waals surface area contributed by atoms with Gasteiger partial charge in [0.1, 0.15) is 17.6 Å². The molecule has 196 valence electrons. The second-order valence-electron chi connectivity index (χ2n) is 9.11. The molecule has 7 nitrogen and oxygen atoms in total. The van der Waals surface area contributed by atoms with Gasteiger partial charge in [-0.15, -0.1) is 11.8 Å². The second kappa shape index (κ2) is 12.9. The molecule has 5 rings (SSSR count). The standard InChI is InChI=1S/C30H30N2O5S/c33-26-16-17-32(30(34)31-26)29-28(37-20-24-14-8-3-9-15-24)27(36-19-23-12-6-2-7-13-23)25(38-29)21-35-18-22-10-4-1-5-11-22/h1-17,25,27-29H,18-21H2,(H,31,33,34)/t25-,27-,28-,29-/m1/s1. The van der Waals surface area contributed by atoms with Crippen LogP contribution in [0.3, 0.4) is 0 Å². The van der Waals surface area contributed by atoms with Gasteiger partial charge in [-0.1, -0.05) is 91.0 Å². The van der Waals surface area contributed by atoms with Gasteiger partial charge in [0, 0.05) is 12.3 Å². The van der Waals surface area contributed by atoms with Crippen LogP contribution in [-0.2, 0) is 34.0 Å². The lowest BCUT2D eigenvalue weighted by molar-refractivity contribution is -0.0920.